The predicted molar refractivity (Wildman–Crippen MR) is 82.9 cm³/mol. The van der Waals surface area contributed by atoms with Crippen LogP contribution in [0.3, 0.4) is 0 Å². The molecule has 0 spiro atoms. The Morgan fingerprint density at radius 1 is 1.37 bits per heavy atom. The lowest BCUT2D eigenvalue weighted by Gasteiger charge is -2.14. The van der Waals surface area contributed by atoms with E-state index in [9.17, 15) is 14.7 Å². The summed E-state index contributed by atoms with van der Waals surface area (Å²) in [6.45, 7) is 0. The SMILES string of the molecule is O=C(O)c1cc(Br)cc(Br)c1NC(=O)C1CCSC1. The van der Waals surface area contributed by atoms with Crippen molar-refractivity contribution in [3.05, 3.63) is 26.6 Å². The van der Waals surface area contributed by atoms with Gasteiger partial charge in [-0.1, -0.05) is 15.9 Å². The smallest absolute Gasteiger partial charge is 0.337 e. The summed E-state index contributed by atoms with van der Waals surface area (Å²) in [6, 6.07) is 3.19. The van der Waals surface area contributed by atoms with Crippen LogP contribution in [0.2, 0.25) is 0 Å². The van der Waals surface area contributed by atoms with Crippen molar-refractivity contribution in [2.45, 2.75) is 6.42 Å². The number of benzene rings is 1. The van der Waals surface area contributed by atoms with E-state index in [1.165, 1.54) is 6.07 Å². The molecule has 4 nitrogen and oxygen atoms in total. The third kappa shape index (κ3) is 3.52. The minimum absolute atomic E-state index is 0.0396. The normalized spacial score (nSPS) is 18.3. The van der Waals surface area contributed by atoms with Gasteiger partial charge in [-0.3, -0.25) is 4.79 Å². The predicted octanol–water partition coefficient (Wildman–Crippen LogP) is 3.60. The lowest BCUT2D eigenvalue weighted by atomic mass is 10.1. The van der Waals surface area contributed by atoms with E-state index in [2.05, 4.69) is 37.2 Å². The molecule has 0 aliphatic carbocycles. The van der Waals surface area contributed by atoms with Crippen LogP contribution < -0.4 is 5.32 Å². The number of rotatable bonds is 3. The van der Waals surface area contributed by atoms with Crippen molar-refractivity contribution in [3.63, 3.8) is 0 Å². The number of thioether (sulfide) groups is 1. The van der Waals surface area contributed by atoms with E-state index in [1.807, 2.05) is 0 Å². The summed E-state index contributed by atoms with van der Waals surface area (Å²) >= 11 is 8.27. The molecular formula is C12H11Br2NO3S. The first-order valence-electron chi connectivity index (χ1n) is 5.60. The summed E-state index contributed by atoms with van der Waals surface area (Å²) < 4.78 is 1.20. The first kappa shape index (κ1) is 14.9. The number of carboxylic acid groups (broad SMARTS) is 1. The van der Waals surface area contributed by atoms with Crippen LogP contribution >= 0.6 is 43.6 Å². The van der Waals surface area contributed by atoms with Crippen LogP contribution in [0.1, 0.15) is 16.8 Å². The van der Waals surface area contributed by atoms with E-state index in [0.29, 0.717) is 14.6 Å². The highest BCUT2D eigenvalue weighted by Gasteiger charge is 2.25. The van der Waals surface area contributed by atoms with Crippen LogP contribution in [0, 0.1) is 5.92 Å². The lowest BCUT2D eigenvalue weighted by Crippen LogP contribution is -2.23. The van der Waals surface area contributed by atoms with Gasteiger partial charge in [0.05, 0.1) is 11.3 Å². The molecule has 1 saturated heterocycles. The molecule has 102 valence electrons. The van der Waals surface area contributed by atoms with Gasteiger partial charge in [-0.05, 0) is 40.2 Å². The maximum atomic E-state index is 12.1. The summed E-state index contributed by atoms with van der Waals surface area (Å²) in [6.07, 6.45) is 0.840. The Morgan fingerprint density at radius 2 is 2.11 bits per heavy atom. The monoisotopic (exact) mass is 407 g/mol. The van der Waals surface area contributed by atoms with Crippen LogP contribution in [-0.2, 0) is 4.79 Å². The number of anilines is 1. The summed E-state index contributed by atoms with van der Waals surface area (Å²) in [5.74, 6) is 0.545. The molecule has 1 aliphatic rings. The molecule has 1 aromatic rings. The first-order chi connectivity index (χ1) is 8.99. The number of nitrogens with one attached hydrogen (secondary N) is 1. The number of carbonyl (C=O) groups is 2. The molecule has 0 bridgehead atoms. The molecule has 0 saturated carbocycles. The van der Waals surface area contributed by atoms with Crippen molar-refractivity contribution < 1.29 is 14.7 Å². The Bertz CT molecular complexity index is 530. The summed E-state index contributed by atoms with van der Waals surface area (Å²) in [5, 5.41) is 11.9. The minimum Gasteiger partial charge on any atom is -0.478 e. The molecule has 1 amide bonds. The first-order valence-corrected chi connectivity index (χ1v) is 8.34. The van der Waals surface area contributed by atoms with Crippen LogP contribution in [0.25, 0.3) is 0 Å². The molecule has 1 aliphatic heterocycles. The summed E-state index contributed by atoms with van der Waals surface area (Å²) in [5.41, 5.74) is 0.387. The van der Waals surface area contributed by atoms with E-state index < -0.39 is 5.97 Å². The standard InChI is InChI=1S/C12H11Br2NO3S/c13-7-3-8(12(17)18)10(9(14)4-7)15-11(16)6-1-2-19-5-6/h3-4,6H,1-2,5H2,(H,15,16)(H,17,18). The highest BCUT2D eigenvalue weighted by atomic mass is 79.9. The third-order valence-corrected chi connectivity index (χ3v) is 5.08. The second-order valence-corrected chi connectivity index (χ2v) is 7.08. The molecule has 7 heteroatoms. The molecule has 0 radical (unpaired) electrons. The van der Waals surface area contributed by atoms with Gasteiger partial charge in [0, 0.05) is 20.6 Å². The van der Waals surface area contributed by atoms with Gasteiger partial charge in [0.15, 0.2) is 0 Å². The number of aromatic carboxylic acids is 1. The van der Waals surface area contributed by atoms with Gasteiger partial charge in [0.1, 0.15) is 0 Å². The second kappa shape index (κ2) is 6.28. The van der Waals surface area contributed by atoms with Gasteiger partial charge < -0.3 is 10.4 Å². The summed E-state index contributed by atoms with van der Waals surface area (Å²) in [4.78, 5) is 23.3. The van der Waals surface area contributed by atoms with Crippen molar-refractivity contribution in [1.82, 2.24) is 0 Å². The Balaban J connectivity index is 2.28. The number of hydrogen-bond acceptors (Lipinski definition) is 3. The molecule has 1 aromatic carbocycles. The van der Waals surface area contributed by atoms with Gasteiger partial charge in [0.25, 0.3) is 0 Å². The van der Waals surface area contributed by atoms with Crippen molar-refractivity contribution in [1.29, 1.82) is 0 Å². The zero-order valence-electron chi connectivity index (χ0n) is 9.78. The number of carbonyl (C=O) groups excluding carboxylic acids is 1. The van der Waals surface area contributed by atoms with Crippen molar-refractivity contribution >= 4 is 61.2 Å². The maximum absolute atomic E-state index is 12.1. The van der Waals surface area contributed by atoms with E-state index in [-0.39, 0.29) is 17.4 Å². The third-order valence-electron chi connectivity index (χ3n) is 2.83. The zero-order valence-corrected chi connectivity index (χ0v) is 13.8. The van der Waals surface area contributed by atoms with E-state index in [1.54, 1.807) is 17.8 Å². The molecule has 19 heavy (non-hydrogen) atoms. The molecule has 1 unspecified atom stereocenters. The topological polar surface area (TPSA) is 66.4 Å². The molecule has 1 heterocycles. The van der Waals surface area contributed by atoms with Crippen molar-refractivity contribution in [2.24, 2.45) is 5.92 Å². The number of hydrogen-bond donors (Lipinski definition) is 2. The van der Waals surface area contributed by atoms with Crippen molar-refractivity contribution in [2.75, 3.05) is 16.8 Å². The zero-order chi connectivity index (χ0) is 14.0. The highest BCUT2D eigenvalue weighted by Crippen LogP contribution is 2.32. The maximum Gasteiger partial charge on any atom is 0.337 e. The quantitative estimate of drug-likeness (QED) is 0.801. The largest absolute Gasteiger partial charge is 0.478 e. The van der Waals surface area contributed by atoms with Crippen molar-refractivity contribution in [3.8, 4) is 0 Å². The van der Waals surface area contributed by atoms with E-state index in [4.69, 9.17) is 0 Å². The lowest BCUT2D eigenvalue weighted by molar-refractivity contribution is -0.119. The highest BCUT2D eigenvalue weighted by molar-refractivity contribution is 9.11. The molecule has 0 aromatic heterocycles. The molecule has 1 fully saturated rings. The number of amides is 1. The van der Waals surface area contributed by atoms with Crippen LogP contribution in [0.5, 0.6) is 0 Å². The Labute approximate surface area is 131 Å². The Hall–Kier alpha value is -0.530. The van der Waals surface area contributed by atoms with Gasteiger partial charge in [0.2, 0.25) is 5.91 Å². The van der Waals surface area contributed by atoms with Gasteiger partial charge in [-0.25, -0.2) is 4.79 Å². The fourth-order valence-electron chi connectivity index (χ4n) is 1.84. The number of carboxylic acids is 1. The van der Waals surface area contributed by atoms with Crippen LogP contribution in [0.15, 0.2) is 21.1 Å². The summed E-state index contributed by atoms with van der Waals surface area (Å²) in [7, 11) is 0. The van der Waals surface area contributed by atoms with Gasteiger partial charge in [-0.2, -0.15) is 11.8 Å². The number of halogens is 2. The fraction of sp³-hybridized carbons (Fsp3) is 0.333. The minimum atomic E-state index is -1.07. The van der Waals surface area contributed by atoms with Gasteiger partial charge in [-0.15, -0.1) is 0 Å². The average Bonchev–Trinajstić information content (AvgIpc) is 2.85. The van der Waals surface area contributed by atoms with Gasteiger partial charge >= 0.3 is 5.97 Å². The molecule has 1 atom stereocenters. The van der Waals surface area contributed by atoms with E-state index in [0.717, 1.165) is 17.9 Å². The van der Waals surface area contributed by atoms with Crippen LogP contribution in [-0.4, -0.2) is 28.5 Å². The Morgan fingerprint density at radius 3 is 2.68 bits per heavy atom. The molecular weight excluding hydrogens is 398 g/mol. The fourth-order valence-corrected chi connectivity index (χ4v) is 4.38. The molecule has 2 rings (SSSR count). The van der Waals surface area contributed by atoms with E-state index >= 15 is 0 Å². The Kier molecular flexibility index (Phi) is 4.92. The average molecular weight is 409 g/mol. The second-order valence-electron chi connectivity index (χ2n) is 4.17. The van der Waals surface area contributed by atoms with Crippen LogP contribution in [0.4, 0.5) is 5.69 Å². The molecule has 2 N–H and O–H groups in total.